The molecule has 1 aromatic heterocycles. The molecule has 1 aliphatic heterocycles. The molecule has 8 nitrogen and oxygen atoms in total. The number of hydroxylamine groups is 2. The molecule has 116 valence electrons. The van der Waals surface area contributed by atoms with Gasteiger partial charge < -0.3 is 4.84 Å². The number of halogens is 1. The number of carbonyl (C=O) groups excluding carboxylic acids is 1. The number of nitrogens with zero attached hydrogens (tertiary/aromatic N) is 5. The Bertz CT molecular complexity index is 812. The first-order valence-electron chi connectivity index (χ1n) is 6.76. The first-order chi connectivity index (χ1) is 10.4. The van der Waals surface area contributed by atoms with Gasteiger partial charge in [-0.25, -0.2) is 9.18 Å². The molecule has 0 N–H and O–H groups in total. The van der Waals surface area contributed by atoms with E-state index in [4.69, 9.17) is 4.84 Å². The first kappa shape index (κ1) is 14.2. The zero-order valence-electron chi connectivity index (χ0n) is 12.3. The highest BCUT2D eigenvalue weighted by atomic mass is 19.1. The van der Waals surface area contributed by atoms with Crippen molar-refractivity contribution >= 4 is 5.91 Å². The normalized spacial score (nSPS) is 17.4. The Morgan fingerprint density at radius 1 is 1.32 bits per heavy atom. The fourth-order valence-electron chi connectivity index (χ4n) is 2.36. The van der Waals surface area contributed by atoms with Crippen molar-refractivity contribution in [3.8, 4) is 11.4 Å². The lowest BCUT2D eigenvalue weighted by molar-refractivity contribution is -0.157. The molecule has 1 aliphatic rings. The molecule has 0 spiro atoms. The van der Waals surface area contributed by atoms with Crippen LogP contribution in [0.3, 0.4) is 0 Å². The Morgan fingerprint density at radius 2 is 2.05 bits per heavy atom. The molecular weight excluding hydrogens is 293 g/mol. The van der Waals surface area contributed by atoms with Crippen LogP contribution in [0.4, 0.5) is 4.39 Å². The number of aromatic nitrogens is 4. The van der Waals surface area contributed by atoms with Gasteiger partial charge in [0.2, 0.25) is 0 Å². The summed E-state index contributed by atoms with van der Waals surface area (Å²) in [6.45, 7) is 3.75. The van der Waals surface area contributed by atoms with Gasteiger partial charge in [-0.1, -0.05) is 0 Å². The first-order valence-corrected chi connectivity index (χ1v) is 6.76. The Balaban J connectivity index is 2.17. The fourth-order valence-corrected chi connectivity index (χ4v) is 2.36. The number of rotatable bonds is 2. The summed E-state index contributed by atoms with van der Waals surface area (Å²) in [4.78, 5) is 29.2. The van der Waals surface area contributed by atoms with Crippen LogP contribution >= 0.6 is 0 Å². The summed E-state index contributed by atoms with van der Waals surface area (Å²) in [6, 6.07) is 2.54. The molecule has 0 aliphatic carbocycles. The van der Waals surface area contributed by atoms with Crippen LogP contribution in [0.1, 0.15) is 25.3 Å². The van der Waals surface area contributed by atoms with Gasteiger partial charge in [-0.15, -0.1) is 0 Å². The van der Waals surface area contributed by atoms with E-state index in [9.17, 15) is 14.0 Å². The summed E-state index contributed by atoms with van der Waals surface area (Å²) in [7, 11) is 1.46. The number of hydrogen-bond donors (Lipinski definition) is 0. The van der Waals surface area contributed by atoms with Gasteiger partial charge >= 0.3 is 5.69 Å². The molecule has 22 heavy (non-hydrogen) atoms. The molecule has 1 atom stereocenters. The maximum Gasteiger partial charge on any atom is 0.368 e. The average molecular weight is 307 g/mol. The van der Waals surface area contributed by atoms with E-state index < -0.39 is 17.4 Å². The molecule has 0 fully saturated rings. The lowest BCUT2D eigenvalue weighted by atomic mass is 9.97. The minimum Gasteiger partial charge on any atom is -0.377 e. The standard InChI is InChI=1S/C13H14FN5O3/c1-4-18-13(21)19(16-15-18)10-5-8-7(2)12(20)17(3)22-11(8)6-9(10)14/h5-7H,4H2,1-3H3. The predicted octanol–water partition coefficient (Wildman–Crippen LogP) is 0.457. The highest BCUT2D eigenvalue weighted by Crippen LogP contribution is 2.35. The maximum absolute atomic E-state index is 14.3. The number of benzene rings is 1. The number of amides is 1. The quantitative estimate of drug-likeness (QED) is 0.805. The number of tetrazole rings is 1. The van der Waals surface area contributed by atoms with Crippen molar-refractivity contribution in [2.45, 2.75) is 26.3 Å². The third-order valence-corrected chi connectivity index (χ3v) is 3.63. The second kappa shape index (κ2) is 4.93. The number of aryl methyl sites for hydroxylation is 1. The molecule has 1 aromatic carbocycles. The van der Waals surface area contributed by atoms with Gasteiger partial charge in [0.25, 0.3) is 5.91 Å². The summed E-state index contributed by atoms with van der Waals surface area (Å²) in [5.41, 5.74) is -0.108. The lowest BCUT2D eigenvalue weighted by Crippen LogP contribution is -2.38. The van der Waals surface area contributed by atoms with Crippen LogP contribution in [0.2, 0.25) is 0 Å². The van der Waals surface area contributed by atoms with E-state index in [1.54, 1.807) is 13.8 Å². The molecule has 2 aromatic rings. The minimum absolute atomic E-state index is 0.0590. The minimum atomic E-state index is -0.682. The average Bonchev–Trinajstić information content (AvgIpc) is 2.85. The Kier molecular flexibility index (Phi) is 3.19. The van der Waals surface area contributed by atoms with Crippen molar-refractivity contribution in [1.82, 2.24) is 24.9 Å². The molecule has 3 rings (SSSR count). The summed E-state index contributed by atoms with van der Waals surface area (Å²) in [5.74, 6) is -1.20. The molecule has 9 heteroatoms. The van der Waals surface area contributed by atoms with Crippen molar-refractivity contribution in [2.75, 3.05) is 7.05 Å². The Hall–Kier alpha value is -2.71. The van der Waals surface area contributed by atoms with Crippen molar-refractivity contribution < 1.29 is 14.0 Å². The molecule has 0 bridgehead atoms. The molecule has 0 radical (unpaired) electrons. The van der Waals surface area contributed by atoms with Crippen LogP contribution in [0.15, 0.2) is 16.9 Å². The van der Waals surface area contributed by atoms with Gasteiger partial charge in [-0.05, 0) is 30.3 Å². The SMILES string of the molecule is CCn1nnn(-c2cc3c(cc2F)ON(C)C(=O)C3C)c1=O. The van der Waals surface area contributed by atoms with E-state index >= 15 is 0 Å². The Labute approximate surface area is 124 Å². The highest BCUT2D eigenvalue weighted by molar-refractivity contribution is 5.85. The van der Waals surface area contributed by atoms with Crippen molar-refractivity contribution in [1.29, 1.82) is 0 Å². The molecule has 2 heterocycles. The molecule has 0 saturated heterocycles. The number of likely N-dealkylation sites (N-methyl/N-ethyl adjacent to an activating group) is 1. The van der Waals surface area contributed by atoms with Crippen LogP contribution in [-0.2, 0) is 11.3 Å². The van der Waals surface area contributed by atoms with Crippen LogP contribution in [0.5, 0.6) is 5.75 Å². The third kappa shape index (κ3) is 1.97. The zero-order chi connectivity index (χ0) is 16.0. The summed E-state index contributed by atoms with van der Waals surface area (Å²) < 4.78 is 16.3. The smallest absolute Gasteiger partial charge is 0.368 e. The van der Waals surface area contributed by atoms with E-state index in [1.165, 1.54) is 13.1 Å². The van der Waals surface area contributed by atoms with Crippen molar-refractivity contribution in [2.24, 2.45) is 0 Å². The van der Waals surface area contributed by atoms with Gasteiger partial charge in [0.1, 0.15) is 5.69 Å². The van der Waals surface area contributed by atoms with E-state index in [-0.39, 0.29) is 17.3 Å². The van der Waals surface area contributed by atoms with Crippen LogP contribution < -0.4 is 10.5 Å². The van der Waals surface area contributed by atoms with Gasteiger partial charge in [0.05, 0.1) is 5.92 Å². The lowest BCUT2D eigenvalue weighted by Gasteiger charge is -2.29. The van der Waals surface area contributed by atoms with Gasteiger partial charge in [0.15, 0.2) is 11.6 Å². The van der Waals surface area contributed by atoms with Crippen LogP contribution in [-0.4, -0.2) is 37.8 Å². The van der Waals surface area contributed by atoms with Gasteiger partial charge in [0, 0.05) is 25.2 Å². The van der Waals surface area contributed by atoms with Gasteiger partial charge in [-0.3, -0.25) is 4.79 Å². The molecular formula is C13H14FN5O3. The fraction of sp³-hybridized carbons (Fsp3) is 0.385. The molecule has 1 unspecified atom stereocenters. The van der Waals surface area contributed by atoms with E-state index in [1.807, 2.05) is 0 Å². The van der Waals surface area contributed by atoms with Gasteiger partial charge in [-0.2, -0.15) is 14.4 Å². The number of carbonyl (C=O) groups is 1. The number of fused-ring (bicyclic) bond motifs is 1. The van der Waals surface area contributed by atoms with Crippen LogP contribution in [0, 0.1) is 5.82 Å². The second-order valence-electron chi connectivity index (χ2n) is 4.98. The molecule has 0 saturated carbocycles. The van der Waals surface area contributed by atoms with E-state index in [0.29, 0.717) is 12.1 Å². The summed E-state index contributed by atoms with van der Waals surface area (Å²) in [5, 5.41) is 8.38. The zero-order valence-corrected chi connectivity index (χ0v) is 12.3. The largest absolute Gasteiger partial charge is 0.377 e. The molecule has 1 amide bonds. The topological polar surface area (TPSA) is 82.2 Å². The van der Waals surface area contributed by atoms with E-state index in [0.717, 1.165) is 20.5 Å². The van der Waals surface area contributed by atoms with E-state index in [2.05, 4.69) is 10.4 Å². The maximum atomic E-state index is 14.3. The summed E-state index contributed by atoms with van der Waals surface area (Å²) in [6.07, 6.45) is 0. The predicted molar refractivity (Wildman–Crippen MR) is 73.1 cm³/mol. The Morgan fingerprint density at radius 3 is 2.68 bits per heavy atom. The van der Waals surface area contributed by atoms with Crippen molar-refractivity contribution in [3.63, 3.8) is 0 Å². The second-order valence-corrected chi connectivity index (χ2v) is 4.98. The van der Waals surface area contributed by atoms with Crippen LogP contribution in [0.25, 0.3) is 5.69 Å². The third-order valence-electron chi connectivity index (χ3n) is 3.63. The summed E-state index contributed by atoms with van der Waals surface area (Å²) >= 11 is 0. The van der Waals surface area contributed by atoms with Crippen molar-refractivity contribution in [3.05, 3.63) is 34.0 Å². The number of hydrogen-bond acceptors (Lipinski definition) is 5. The monoisotopic (exact) mass is 307 g/mol. The highest BCUT2D eigenvalue weighted by Gasteiger charge is 2.31.